The average Bonchev–Trinajstić information content (AvgIpc) is 3.22. The van der Waals surface area contributed by atoms with E-state index in [1.54, 1.807) is 0 Å². The Bertz CT molecular complexity index is 3160. The molecule has 80 heavy (non-hydrogen) atoms. The molecular formula is C72H114N6O2. The third-order valence-electron chi connectivity index (χ3n) is 14.8. The van der Waals surface area contributed by atoms with Crippen molar-refractivity contribution in [2.24, 2.45) is 5.41 Å². The van der Waals surface area contributed by atoms with Gasteiger partial charge in [-0.15, -0.1) is 0 Å². The van der Waals surface area contributed by atoms with Crippen LogP contribution in [0, 0.1) is 109 Å². The zero-order valence-corrected chi connectivity index (χ0v) is 57.8. The number of pyridine rings is 2. The Kier molecular flexibility index (Phi) is 24.9. The third kappa shape index (κ3) is 20.5. The van der Waals surface area contributed by atoms with Gasteiger partial charge in [0.1, 0.15) is 5.69 Å². The van der Waals surface area contributed by atoms with Gasteiger partial charge in [-0.25, -0.2) is 0 Å². The van der Waals surface area contributed by atoms with Crippen molar-refractivity contribution in [3.8, 4) is 0 Å². The Labute approximate surface area is 489 Å². The SMILES string of the molecule is C=C1CC(C)=CC(C)=C1C(C)(C)C.Cc1[nH]c(=O)c(C(C)(C)C)c(C)c1C.Cc1cc(C)c(C(C)(C)C)c(C)c1.Cc1nc(C(C)(C)C)c(=O)[nH]c1C.Cc1nc(C)c(C(C)(C)C)c(C)c1C.Cc1nc(C)c(C(C)(C)C)nc1C. The maximum atomic E-state index is 11.8. The van der Waals surface area contributed by atoms with Crippen molar-refractivity contribution >= 4 is 0 Å². The molecule has 1 aliphatic rings. The summed E-state index contributed by atoms with van der Waals surface area (Å²) in [5.74, 6) is 0. The summed E-state index contributed by atoms with van der Waals surface area (Å²) in [6.45, 7) is 78.5. The van der Waals surface area contributed by atoms with E-state index < -0.39 is 0 Å². The highest BCUT2D eigenvalue weighted by Gasteiger charge is 2.26. The average molecular weight is 1100 g/mol. The van der Waals surface area contributed by atoms with Crippen molar-refractivity contribution in [2.45, 2.75) is 276 Å². The topological polar surface area (TPSA) is 117 Å². The second-order valence-electron chi connectivity index (χ2n) is 29.2. The summed E-state index contributed by atoms with van der Waals surface area (Å²) < 4.78 is 0. The first-order chi connectivity index (χ1) is 35.8. The van der Waals surface area contributed by atoms with Crippen LogP contribution in [0.3, 0.4) is 0 Å². The summed E-state index contributed by atoms with van der Waals surface area (Å²) in [6.07, 6.45) is 3.33. The Balaban J connectivity index is 0.000000480. The standard InChI is InChI=1S/C13H21N.2C13H20.C12H19NO.C11H18N2.C10H16N2O/c1-8-9(2)12(13(5,6)7)11(4)14-10(8)3;2*1-9-7-10(2)12(11(3)8-9)13(4,5)6;1-7-8(2)10(12(4,5)6)11(14)13-9(7)3;1-7-8(2)13-10(9(3)12-7)11(4,5)6;1-6-7(2)12-9(13)8(11-6)10(3,4)5/h1-7H3;7-8H,1-6H3;8H,2,7H2,1,3-6H3;1-6H3,(H,13,14);1-6H3;1-5H3,(H,12,13). The monoisotopic (exact) mass is 1090 g/mol. The molecule has 4 aromatic heterocycles. The van der Waals surface area contributed by atoms with Gasteiger partial charge in [-0.2, -0.15) is 0 Å². The van der Waals surface area contributed by atoms with E-state index in [9.17, 15) is 9.59 Å². The zero-order chi connectivity index (χ0) is 63.1. The van der Waals surface area contributed by atoms with Gasteiger partial charge in [0.2, 0.25) is 0 Å². The molecule has 8 nitrogen and oxygen atoms in total. The number of benzene rings is 1. The molecule has 0 saturated carbocycles. The van der Waals surface area contributed by atoms with E-state index in [2.05, 4.69) is 228 Å². The van der Waals surface area contributed by atoms with Crippen LogP contribution in [-0.2, 0) is 27.1 Å². The number of nitrogens with zero attached hydrogens (tertiary/aromatic N) is 4. The van der Waals surface area contributed by atoms with Gasteiger partial charge in [0.25, 0.3) is 11.1 Å². The van der Waals surface area contributed by atoms with E-state index in [1.165, 1.54) is 72.5 Å². The number of rotatable bonds is 0. The summed E-state index contributed by atoms with van der Waals surface area (Å²) in [6, 6.07) is 4.54. The van der Waals surface area contributed by atoms with E-state index in [0.717, 1.165) is 63.1 Å². The number of hydrogen-bond donors (Lipinski definition) is 2. The maximum absolute atomic E-state index is 11.8. The molecule has 0 fully saturated rings. The molecule has 1 aliphatic carbocycles. The van der Waals surface area contributed by atoms with Crippen LogP contribution >= 0.6 is 0 Å². The molecule has 1 aromatic carbocycles. The van der Waals surface area contributed by atoms with Crippen LogP contribution in [0.1, 0.15) is 257 Å². The molecule has 0 bridgehead atoms. The van der Waals surface area contributed by atoms with Crippen LogP contribution in [0.25, 0.3) is 0 Å². The smallest absolute Gasteiger partial charge is 0.270 e. The van der Waals surface area contributed by atoms with E-state index in [1.807, 2.05) is 69.2 Å². The summed E-state index contributed by atoms with van der Waals surface area (Å²) in [5, 5.41) is 0. The number of allylic oxidation sites excluding steroid dienone is 5. The molecule has 2 N–H and O–H groups in total. The molecule has 8 heteroatoms. The number of aromatic nitrogens is 6. The predicted octanol–water partition coefficient (Wildman–Crippen LogP) is 18.8. The first-order valence-corrected chi connectivity index (χ1v) is 29.0. The van der Waals surface area contributed by atoms with Gasteiger partial charge in [0, 0.05) is 39.2 Å². The lowest BCUT2D eigenvalue weighted by Gasteiger charge is -2.30. The minimum absolute atomic E-state index is 0.0538. The summed E-state index contributed by atoms with van der Waals surface area (Å²) in [4.78, 5) is 47.0. The molecule has 0 saturated heterocycles. The molecule has 6 rings (SSSR count). The van der Waals surface area contributed by atoms with Gasteiger partial charge < -0.3 is 9.97 Å². The Morgan fingerprint density at radius 3 is 1.20 bits per heavy atom. The Morgan fingerprint density at radius 2 is 0.787 bits per heavy atom. The van der Waals surface area contributed by atoms with Crippen LogP contribution in [0.4, 0.5) is 0 Å². The molecule has 0 spiro atoms. The van der Waals surface area contributed by atoms with E-state index in [4.69, 9.17) is 0 Å². The predicted molar refractivity (Wildman–Crippen MR) is 349 cm³/mol. The largest absolute Gasteiger partial charge is 0.326 e. The third-order valence-corrected chi connectivity index (χ3v) is 14.8. The van der Waals surface area contributed by atoms with Crippen molar-refractivity contribution in [2.75, 3.05) is 0 Å². The van der Waals surface area contributed by atoms with Gasteiger partial charge in [-0.3, -0.25) is 29.5 Å². The highest BCUT2D eigenvalue weighted by atomic mass is 16.1. The van der Waals surface area contributed by atoms with Gasteiger partial charge in [0.05, 0.1) is 28.5 Å². The normalized spacial score (nSPS) is 13.0. The number of aromatic amines is 2. The van der Waals surface area contributed by atoms with Gasteiger partial charge in [0.15, 0.2) is 0 Å². The van der Waals surface area contributed by atoms with Crippen molar-refractivity contribution in [1.29, 1.82) is 0 Å². The molecule has 0 unspecified atom stereocenters. The maximum Gasteiger partial charge on any atom is 0.270 e. The summed E-state index contributed by atoms with van der Waals surface area (Å²) in [7, 11) is 0. The molecular weight excluding hydrogens is 981 g/mol. The minimum Gasteiger partial charge on any atom is -0.326 e. The fraction of sp³-hybridized carbons (Fsp3) is 0.583. The zero-order valence-electron chi connectivity index (χ0n) is 57.8. The molecule has 4 heterocycles. The molecule has 0 atom stereocenters. The number of aryl methyl sites for hydroxylation is 11. The van der Waals surface area contributed by atoms with Crippen LogP contribution in [0.2, 0.25) is 0 Å². The highest BCUT2D eigenvalue weighted by molar-refractivity contribution is 5.48. The quantitative estimate of drug-likeness (QED) is 0.160. The minimum atomic E-state index is -0.188. The summed E-state index contributed by atoms with van der Waals surface area (Å²) in [5.41, 5.74) is 29.0. The van der Waals surface area contributed by atoms with E-state index in [-0.39, 0.29) is 43.6 Å². The first kappa shape index (κ1) is 72.5. The van der Waals surface area contributed by atoms with Crippen molar-refractivity contribution in [3.05, 3.63) is 180 Å². The van der Waals surface area contributed by atoms with Crippen molar-refractivity contribution < 1.29 is 0 Å². The lowest BCUT2D eigenvalue weighted by atomic mass is 9.75. The summed E-state index contributed by atoms with van der Waals surface area (Å²) >= 11 is 0. The number of H-pyrrole nitrogens is 2. The van der Waals surface area contributed by atoms with Crippen molar-refractivity contribution in [1.82, 2.24) is 29.9 Å². The molecule has 444 valence electrons. The fourth-order valence-corrected chi connectivity index (χ4v) is 11.3. The van der Waals surface area contributed by atoms with Crippen LogP contribution in [0.15, 0.2) is 56.7 Å². The molecule has 0 amide bonds. The number of nitrogens with one attached hydrogen (secondary N) is 2. The molecule has 0 aliphatic heterocycles. The lowest BCUT2D eigenvalue weighted by molar-refractivity contribution is 0.503. The Morgan fingerprint density at radius 1 is 0.388 bits per heavy atom. The first-order valence-electron chi connectivity index (χ1n) is 29.0. The second-order valence-corrected chi connectivity index (χ2v) is 29.2. The fourth-order valence-electron chi connectivity index (χ4n) is 11.3. The molecule has 0 radical (unpaired) electrons. The lowest BCUT2D eigenvalue weighted by Crippen LogP contribution is -2.27. The number of hydrogen-bond acceptors (Lipinski definition) is 6. The van der Waals surface area contributed by atoms with Gasteiger partial charge in [-0.1, -0.05) is 161 Å². The Hall–Kier alpha value is -5.50. The van der Waals surface area contributed by atoms with Crippen molar-refractivity contribution in [3.63, 3.8) is 0 Å². The van der Waals surface area contributed by atoms with Crippen LogP contribution in [0.5, 0.6) is 0 Å². The van der Waals surface area contributed by atoms with Gasteiger partial charge in [-0.05, 0) is 207 Å². The van der Waals surface area contributed by atoms with Crippen LogP contribution in [-0.4, -0.2) is 29.9 Å². The molecule has 5 aromatic rings. The van der Waals surface area contributed by atoms with Gasteiger partial charge >= 0.3 is 0 Å². The highest BCUT2D eigenvalue weighted by Crippen LogP contribution is 2.39. The van der Waals surface area contributed by atoms with E-state index in [0.29, 0.717) is 5.69 Å². The van der Waals surface area contributed by atoms with Crippen LogP contribution < -0.4 is 11.1 Å². The van der Waals surface area contributed by atoms with E-state index >= 15 is 0 Å². The second kappa shape index (κ2) is 27.5.